The second-order valence-electron chi connectivity index (χ2n) is 5.60. The molecule has 1 amide bonds. The molecule has 2 aromatic rings. The Morgan fingerprint density at radius 2 is 1.88 bits per heavy atom. The van der Waals surface area contributed by atoms with Crippen LogP contribution in [0.2, 0.25) is 0 Å². The van der Waals surface area contributed by atoms with Crippen LogP contribution in [0.4, 0.5) is 4.39 Å². The van der Waals surface area contributed by atoms with E-state index in [0.717, 1.165) is 5.56 Å². The fourth-order valence-corrected chi connectivity index (χ4v) is 2.21. The molecule has 0 aromatic heterocycles. The number of aromatic hydroxyl groups is 1. The van der Waals surface area contributed by atoms with Crippen molar-refractivity contribution in [2.75, 3.05) is 13.7 Å². The summed E-state index contributed by atoms with van der Waals surface area (Å²) in [7, 11) is 1.44. The first-order valence-corrected chi connectivity index (χ1v) is 8.01. The van der Waals surface area contributed by atoms with Crippen molar-refractivity contribution in [1.82, 2.24) is 5.32 Å². The highest BCUT2D eigenvalue weighted by atomic mass is 19.1. The van der Waals surface area contributed by atoms with Gasteiger partial charge in [0, 0.05) is 12.6 Å². The zero-order valence-electron chi connectivity index (χ0n) is 14.5. The molecule has 26 heavy (non-hydrogen) atoms. The molecule has 0 aliphatic carbocycles. The number of nitrogens with one attached hydrogen (secondary N) is 1. The number of halogens is 1. The summed E-state index contributed by atoms with van der Waals surface area (Å²) in [4.78, 5) is 24.1. The molecule has 6 nitrogen and oxygen atoms in total. The summed E-state index contributed by atoms with van der Waals surface area (Å²) in [6.45, 7) is 1.76. The largest absolute Gasteiger partial charge is 0.507 e. The van der Waals surface area contributed by atoms with Gasteiger partial charge in [-0.05, 0) is 43.2 Å². The van der Waals surface area contributed by atoms with Crippen molar-refractivity contribution in [1.29, 1.82) is 0 Å². The van der Waals surface area contributed by atoms with Crippen molar-refractivity contribution in [3.8, 4) is 11.5 Å². The minimum atomic E-state index is -1.03. The van der Waals surface area contributed by atoms with Crippen LogP contribution in [0, 0.1) is 5.82 Å². The van der Waals surface area contributed by atoms with Crippen LogP contribution in [0.1, 0.15) is 22.8 Å². The van der Waals surface area contributed by atoms with Gasteiger partial charge in [-0.25, -0.2) is 9.18 Å². The molecule has 2 aromatic carbocycles. The van der Waals surface area contributed by atoms with E-state index in [1.54, 1.807) is 12.1 Å². The molecule has 7 heteroatoms. The van der Waals surface area contributed by atoms with Gasteiger partial charge in [-0.1, -0.05) is 12.1 Å². The SMILES string of the molecule is COc1ccc(C(=O)O[C@H](C)C(=O)NCCc2ccc(F)cc2)c(O)c1. The Bertz CT molecular complexity index is 776. The van der Waals surface area contributed by atoms with Crippen LogP contribution in [0.25, 0.3) is 0 Å². The number of phenols is 1. The highest BCUT2D eigenvalue weighted by Crippen LogP contribution is 2.24. The molecule has 0 unspecified atom stereocenters. The molecule has 0 saturated carbocycles. The third-order valence-electron chi connectivity index (χ3n) is 3.70. The van der Waals surface area contributed by atoms with E-state index in [9.17, 15) is 19.1 Å². The molecule has 0 radical (unpaired) electrons. The van der Waals surface area contributed by atoms with Crippen molar-refractivity contribution < 1.29 is 28.6 Å². The smallest absolute Gasteiger partial charge is 0.342 e. The van der Waals surface area contributed by atoms with E-state index in [-0.39, 0.29) is 17.1 Å². The number of ether oxygens (including phenoxy) is 2. The average molecular weight is 361 g/mol. The standard InChI is InChI=1S/C19H20FNO5/c1-12(18(23)21-10-9-13-3-5-14(20)6-4-13)26-19(24)16-8-7-15(25-2)11-17(16)22/h3-8,11-12,22H,9-10H2,1-2H3,(H,21,23)/t12-/m1/s1. The Morgan fingerprint density at radius 3 is 2.50 bits per heavy atom. The summed E-state index contributed by atoms with van der Waals surface area (Å²) in [5.41, 5.74) is 0.816. The predicted molar refractivity (Wildman–Crippen MR) is 92.7 cm³/mol. The highest BCUT2D eigenvalue weighted by Gasteiger charge is 2.21. The Kier molecular flexibility index (Phi) is 6.54. The molecule has 0 aliphatic rings. The number of esters is 1. The first-order chi connectivity index (χ1) is 12.4. The molecule has 0 saturated heterocycles. The fourth-order valence-electron chi connectivity index (χ4n) is 2.21. The number of amides is 1. The summed E-state index contributed by atoms with van der Waals surface area (Å²) >= 11 is 0. The van der Waals surface area contributed by atoms with E-state index in [4.69, 9.17) is 9.47 Å². The van der Waals surface area contributed by atoms with Crippen LogP contribution in [-0.4, -0.2) is 36.7 Å². The molecule has 0 bridgehead atoms. The zero-order valence-corrected chi connectivity index (χ0v) is 14.5. The van der Waals surface area contributed by atoms with Crippen molar-refractivity contribution in [3.05, 3.63) is 59.4 Å². The third kappa shape index (κ3) is 5.20. The summed E-state index contributed by atoms with van der Waals surface area (Å²) in [5.74, 6) is -1.50. The van der Waals surface area contributed by atoms with E-state index in [1.807, 2.05) is 0 Å². The van der Waals surface area contributed by atoms with Gasteiger partial charge >= 0.3 is 5.97 Å². The number of hydrogen-bond donors (Lipinski definition) is 2. The number of hydrogen-bond acceptors (Lipinski definition) is 5. The Labute approximate surface area is 150 Å². The molecule has 0 spiro atoms. The molecule has 2 rings (SSSR count). The second kappa shape index (κ2) is 8.84. The van der Waals surface area contributed by atoms with Gasteiger partial charge in [0.1, 0.15) is 22.9 Å². The lowest BCUT2D eigenvalue weighted by molar-refractivity contribution is -0.129. The highest BCUT2D eigenvalue weighted by molar-refractivity contribution is 5.94. The van der Waals surface area contributed by atoms with Gasteiger partial charge in [0.05, 0.1) is 7.11 Å². The molecule has 0 aliphatic heterocycles. The fraction of sp³-hybridized carbons (Fsp3) is 0.263. The monoisotopic (exact) mass is 361 g/mol. The average Bonchev–Trinajstić information content (AvgIpc) is 2.62. The van der Waals surface area contributed by atoms with Crippen LogP contribution in [0.5, 0.6) is 11.5 Å². The molecule has 2 N–H and O–H groups in total. The lowest BCUT2D eigenvalue weighted by atomic mass is 10.1. The van der Waals surface area contributed by atoms with Gasteiger partial charge < -0.3 is 19.9 Å². The maximum atomic E-state index is 12.8. The Morgan fingerprint density at radius 1 is 1.19 bits per heavy atom. The third-order valence-corrected chi connectivity index (χ3v) is 3.70. The number of phenolic OH excluding ortho intramolecular Hbond substituents is 1. The summed E-state index contributed by atoms with van der Waals surface area (Å²) in [5, 5.41) is 12.5. The van der Waals surface area contributed by atoms with Crippen LogP contribution in [0.15, 0.2) is 42.5 Å². The van der Waals surface area contributed by atoms with Gasteiger partial charge in [0.15, 0.2) is 6.10 Å². The summed E-state index contributed by atoms with van der Waals surface area (Å²) in [6.07, 6.45) is -0.511. The maximum Gasteiger partial charge on any atom is 0.342 e. The van der Waals surface area contributed by atoms with Crippen LogP contribution < -0.4 is 10.1 Å². The molecular weight excluding hydrogens is 341 g/mol. The molecule has 138 valence electrons. The van der Waals surface area contributed by atoms with E-state index in [2.05, 4.69) is 5.32 Å². The molecule has 0 heterocycles. The normalized spacial score (nSPS) is 11.5. The predicted octanol–water partition coefficient (Wildman–Crippen LogP) is 2.44. The second-order valence-corrected chi connectivity index (χ2v) is 5.60. The van der Waals surface area contributed by atoms with E-state index >= 15 is 0 Å². The van der Waals surface area contributed by atoms with Gasteiger partial charge in [0.2, 0.25) is 0 Å². The van der Waals surface area contributed by atoms with E-state index < -0.39 is 18.0 Å². The van der Waals surface area contributed by atoms with Gasteiger partial charge in [-0.3, -0.25) is 4.79 Å². The lowest BCUT2D eigenvalue weighted by Crippen LogP contribution is -2.36. The Balaban J connectivity index is 1.84. The van der Waals surface area contributed by atoms with Crippen molar-refractivity contribution in [2.24, 2.45) is 0 Å². The number of methoxy groups -OCH3 is 1. The quantitative estimate of drug-likeness (QED) is 0.740. The lowest BCUT2D eigenvalue weighted by Gasteiger charge is -2.14. The summed E-state index contributed by atoms with van der Waals surface area (Å²) < 4.78 is 22.8. The zero-order chi connectivity index (χ0) is 19.1. The van der Waals surface area contributed by atoms with Gasteiger partial charge in [-0.2, -0.15) is 0 Å². The van der Waals surface area contributed by atoms with E-state index in [1.165, 1.54) is 44.4 Å². The van der Waals surface area contributed by atoms with Crippen molar-refractivity contribution in [3.63, 3.8) is 0 Å². The van der Waals surface area contributed by atoms with Gasteiger partial charge in [-0.15, -0.1) is 0 Å². The van der Waals surface area contributed by atoms with Crippen LogP contribution in [0.3, 0.4) is 0 Å². The number of rotatable bonds is 7. The van der Waals surface area contributed by atoms with E-state index in [0.29, 0.717) is 18.7 Å². The van der Waals surface area contributed by atoms with Crippen molar-refractivity contribution in [2.45, 2.75) is 19.4 Å². The van der Waals surface area contributed by atoms with Crippen molar-refractivity contribution >= 4 is 11.9 Å². The van der Waals surface area contributed by atoms with Gasteiger partial charge in [0.25, 0.3) is 5.91 Å². The molecular formula is C19H20FNO5. The minimum absolute atomic E-state index is 0.0586. The number of carbonyl (C=O) groups is 2. The maximum absolute atomic E-state index is 12.8. The minimum Gasteiger partial charge on any atom is -0.507 e. The first kappa shape index (κ1) is 19.2. The Hall–Kier alpha value is -3.09. The first-order valence-electron chi connectivity index (χ1n) is 8.01. The number of benzene rings is 2. The molecule has 1 atom stereocenters. The molecule has 0 fully saturated rings. The van der Waals surface area contributed by atoms with Crippen LogP contribution >= 0.6 is 0 Å². The number of carbonyl (C=O) groups excluding carboxylic acids is 2. The topological polar surface area (TPSA) is 84.9 Å². The summed E-state index contributed by atoms with van der Waals surface area (Å²) in [6, 6.07) is 10.1. The van der Waals surface area contributed by atoms with Crippen LogP contribution in [-0.2, 0) is 16.0 Å².